The Morgan fingerprint density at radius 2 is 2.31 bits per heavy atom. The van der Waals surface area contributed by atoms with Crippen LogP contribution in [0, 0.1) is 0 Å². The third-order valence-electron chi connectivity index (χ3n) is 3.81. The van der Waals surface area contributed by atoms with Gasteiger partial charge in [-0.2, -0.15) is 0 Å². The zero-order valence-electron chi connectivity index (χ0n) is 7.49. The first-order valence-corrected chi connectivity index (χ1v) is 5.20. The van der Waals surface area contributed by atoms with Gasteiger partial charge in [-0.05, 0) is 41.9 Å². The quantitative estimate of drug-likeness (QED) is 0.548. The number of aryl methyl sites for hydroxylation is 1. The molecule has 1 aromatic carbocycles. The highest BCUT2D eigenvalue weighted by Crippen LogP contribution is 2.55. The second kappa shape index (κ2) is 1.98. The standard InChI is InChI=1S/C12H12O/c1-2-7-4-5-8-6-10-12(13-10)9(3-1)11(7)8/h1-3,8,10,12H,4-6H2/t8-,10+,12-/m1/s1. The molecule has 0 amide bonds. The monoisotopic (exact) mass is 172 g/mol. The van der Waals surface area contributed by atoms with Gasteiger partial charge in [-0.15, -0.1) is 0 Å². The van der Waals surface area contributed by atoms with Crippen molar-refractivity contribution in [3.05, 3.63) is 34.9 Å². The summed E-state index contributed by atoms with van der Waals surface area (Å²) in [6.07, 6.45) is 5.00. The molecule has 66 valence electrons. The Morgan fingerprint density at radius 3 is 3.31 bits per heavy atom. The highest BCUT2D eigenvalue weighted by Gasteiger charge is 2.49. The van der Waals surface area contributed by atoms with Gasteiger partial charge >= 0.3 is 0 Å². The smallest absolute Gasteiger partial charge is 0.109 e. The highest BCUT2D eigenvalue weighted by molar-refractivity contribution is 5.46. The van der Waals surface area contributed by atoms with Gasteiger partial charge in [0.2, 0.25) is 0 Å². The summed E-state index contributed by atoms with van der Waals surface area (Å²) in [5.41, 5.74) is 4.76. The number of hydrogen-bond acceptors (Lipinski definition) is 1. The molecular formula is C12H12O. The normalized spacial score (nSPS) is 38.3. The van der Waals surface area contributed by atoms with Crippen molar-refractivity contribution in [1.29, 1.82) is 0 Å². The molecule has 2 aliphatic carbocycles. The van der Waals surface area contributed by atoms with Crippen molar-refractivity contribution in [3.63, 3.8) is 0 Å². The first kappa shape index (κ1) is 6.61. The van der Waals surface area contributed by atoms with E-state index in [0.29, 0.717) is 12.2 Å². The third-order valence-corrected chi connectivity index (χ3v) is 3.81. The Balaban J connectivity index is 2.02. The lowest BCUT2D eigenvalue weighted by molar-refractivity contribution is 0.364. The van der Waals surface area contributed by atoms with Crippen LogP contribution < -0.4 is 0 Å². The topological polar surface area (TPSA) is 12.5 Å². The van der Waals surface area contributed by atoms with Crippen LogP contribution in [0.2, 0.25) is 0 Å². The van der Waals surface area contributed by atoms with Gasteiger partial charge in [0.25, 0.3) is 0 Å². The second-order valence-electron chi connectivity index (χ2n) is 4.49. The van der Waals surface area contributed by atoms with Crippen molar-refractivity contribution in [3.8, 4) is 0 Å². The van der Waals surface area contributed by atoms with E-state index in [9.17, 15) is 0 Å². The molecule has 1 fully saturated rings. The molecule has 1 aromatic rings. The van der Waals surface area contributed by atoms with Crippen LogP contribution in [0.3, 0.4) is 0 Å². The van der Waals surface area contributed by atoms with Crippen molar-refractivity contribution in [1.82, 2.24) is 0 Å². The van der Waals surface area contributed by atoms with E-state index in [1.807, 2.05) is 0 Å². The van der Waals surface area contributed by atoms with E-state index in [1.54, 1.807) is 11.1 Å². The van der Waals surface area contributed by atoms with Crippen LogP contribution in [0.25, 0.3) is 0 Å². The van der Waals surface area contributed by atoms with E-state index in [2.05, 4.69) is 18.2 Å². The van der Waals surface area contributed by atoms with Gasteiger partial charge < -0.3 is 4.74 Å². The second-order valence-corrected chi connectivity index (χ2v) is 4.49. The van der Waals surface area contributed by atoms with Crippen LogP contribution in [0.5, 0.6) is 0 Å². The molecule has 0 bridgehead atoms. The molecule has 1 aliphatic heterocycles. The summed E-state index contributed by atoms with van der Waals surface area (Å²) in [5, 5.41) is 0. The van der Waals surface area contributed by atoms with Crippen molar-refractivity contribution < 1.29 is 4.74 Å². The van der Waals surface area contributed by atoms with Crippen LogP contribution in [0.4, 0.5) is 0 Å². The molecule has 13 heavy (non-hydrogen) atoms. The summed E-state index contributed by atoms with van der Waals surface area (Å²) < 4.78 is 5.66. The van der Waals surface area contributed by atoms with E-state index in [-0.39, 0.29) is 0 Å². The van der Waals surface area contributed by atoms with E-state index in [0.717, 1.165) is 5.92 Å². The van der Waals surface area contributed by atoms with Gasteiger partial charge in [0, 0.05) is 0 Å². The zero-order valence-corrected chi connectivity index (χ0v) is 7.49. The summed E-state index contributed by atoms with van der Waals surface area (Å²) in [7, 11) is 0. The molecule has 1 heteroatoms. The number of rotatable bonds is 0. The van der Waals surface area contributed by atoms with Crippen LogP contribution in [0.15, 0.2) is 18.2 Å². The number of ether oxygens (including phenoxy) is 1. The van der Waals surface area contributed by atoms with Gasteiger partial charge in [0.15, 0.2) is 0 Å². The predicted octanol–water partition coefficient (Wildman–Crippen LogP) is 2.56. The lowest BCUT2D eigenvalue weighted by Gasteiger charge is -2.17. The zero-order chi connectivity index (χ0) is 8.41. The number of hydrogen-bond donors (Lipinski definition) is 0. The lowest BCUT2D eigenvalue weighted by Crippen LogP contribution is -2.08. The summed E-state index contributed by atoms with van der Waals surface area (Å²) in [4.78, 5) is 0. The van der Waals surface area contributed by atoms with Crippen molar-refractivity contribution >= 4 is 0 Å². The van der Waals surface area contributed by atoms with Crippen LogP contribution in [-0.2, 0) is 11.2 Å². The van der Waals surface area contributed by atoms with Crippen LogP contribution >= 0.6 is 0 Å². The predicted molar refractivity (Wildman–Crippen MR) is 49.7 cm³/mol. The van der Waals surface area contributed by atoms with E-state index >= 15 is 0 Å². The van der Waals surface area contributed by atoms with Crippen LogP contribution in [-0.4, -0.2) is 6.10 Å². The van der Waals surface area contributed by atoms with Crippen molar-refractivity contribution in [2.75, 3.05) is 0 Å². The fourth-order valence-corrected chi connectivity index (χ4v) is 3.18. The average molecular weight is 172 g/mol. The Labute approximate surface area is 77.7 Å². The largest absolute Gasteiger partial charge is 0.364 e. The molecule has 1 heterocycles. The molecular weight excluding hydrogens is 160 g/mol. The molecule has 3 atom stereocenters. The molecule has 0 aromatic heterocycles. The Hall–Kier alpha value is -0.820. The van der Waals surface area contributed by atoms with E-state index in [4.69, 9.17) is 4.74 Å². The fraction of sp³-hybridized carbons (Fsp3) is 0.500. The molecule has 0 radical (unpaired) electrons. The van der Waals surface area contributed by atoms with E-state index < -0.39 is 0 Å². The molecule has 0 spiro atoms. The Kier molecular flexibility index (Phi) is 1.01. The SMILES string of the molecule is c1cc2c3c(c1)[C@H]1O[C@H]1C[C@H]3CC2. The van der Waals surface area contributed by atoms with Gasteiger partial charge in [-0.3, -0.25) is 0 Å². The summed E-state index contributed by atoms with van der Waals surface area (Å²) >= 11 is 0. The highest BCUT2D eigenvalue weighted by atomic mass is 16.6. The number of fused-ring (bicyclic) bond motifs is 2. The fourth-order valence-electron chi connectivity index (χ4n) is 3.18. The molecule has 4 rings (SSSR count). The lowest BCUT2D eigenvalue weighted by atomic mass is 9.84. The molecule has 0 N–H and O–H groups in total. The molecule has 1 nitrogen and oxygen atoms in total. The van der Waals surface area contributed by atoms with Crippen LogP contribution in [0.1, 0.15) is 41.6 Å². The van der Waals surface area contributed by atoms with Crippen molar-refractivity contribution in [2.24, 2.45) is 0 Å². The summed E-state index contributed by atoms with van der Waals surface area (Å²) in [6, 6.07) is 6.75. The molecule has 3 aliphatic rings. The minimum Gasteiger partial charge on any atom is -0.364 e. The number of benzene rings is 1. The first-order valence-electron chi connectivity index (χ1n) is 5.20. The Bertz CT molecular complexity index is 383. The Morgan fingerprint density at radius 1 is 1.31 bits per heavy atom. The third kappa shape index (κ3) is 0.720. The minimum absolute atomic E-state index is 0.476. The first-order chi connectivity index (χ1) is 6.43. The van der Waals surface area contributed by atoms with Gasteiger partial charge in [0.05, 0.1) is 6.10 Å². The van der Waals surface area contributed by atoms with Gasteiger partial charge in [0.1, 0.15) is 6.10 Å². The van der Waals surface area contributed by atoms with Gasteiger partial charge in [-0.25, -0.2) is 0 Å². The molecule has 0 unspecified atom stereocenters. The summed E-state index contributed by atoms with van der Waals surface area (Å²) in [6.45, 7) is 0. The maximum atomic E-state index is 5.66. The minimum atomic E-state index is 0.476. The maximum Gasteiger partial charge on any atom is 0.109 e. The van der Waals surface area contributed by atoms with Gasteiger partial charge in [-0.1, -0.05) is 18.2 Å². The molecule has 0 saturated carbocycles. The van der Waals surface area contributed by atoms with E-state index in [1.165, 1.54) is 24.8 Å². The summed E-state index contributed by atoms with van der Waals surface area (Å²) in [5.74, 6) is 0.829. The number of epoxide rings is 1. The molecule has 1 saturated heterocycles. The van der Waals surface area contributed by atoms with Crippen molar-refractivity contribution in [2.45, 2.75) is 37.4 Å². The average Bonchev–Trinajstić information content (AvgIpc) is 2.82. The maximum absolute atomic E-state index is 5.66.